The fourth-order valence-corrected chi connectivity index (χ4v) is 7.40. The van der Waals surface area contributed by atoms with Crippen molar-refractivity contribution in [3.05, 3.63) is 111 Å². The molecule has 1 fully saturated rings. The Morgan fingerprint density at radius 3 is 2.54 bits per heavy atom. The Balaban J connectivity index is 1.11. The van der Waals surface area contributed by atoms with Gasteiger partial charge >= 0.3 is 0 Å². The maximum absolute atomic E-state index is 13.8. The van der Waals surface area contributed by atoms with Gasteiger partial charge in [-0.25, -0.2) is 4.98 Å². The van der Waals surface area contributed by atoms with Gasteiger partial charge in [0.25, 0.3) is 11.5 Å². The molecule has 2 aromatic heterocycles. The number of aromatic nitrogens is 2. The van der Waals surface area contributed by atoms with Crippen LogP contribution >= 0.6 is 11.3 Å². The van der Waals surface area contributed by atoms with Gasteiger partial charge in [-0.1, -0.05) is 66.7 Å². The number of rotatable bonds is 4. The number of likely N-dealkylation sites (tertiary alicyclic amines) is 1. The Morgan fingerprint density at radius 1 is 0.923 bits per heavy atom. The summed E-state index contributed by atoms with van der Waals surface area (Å²) in [5, 5.41) is 2.81. The van der Waals surface area contributed by atoms with Crippen molar-refractivity contribution in [1.29, 1.82) is 0 Å². The average Bonchev–Trinajstić information content (AvgIpc) is 3.36. The van der Waals surface area contributed by atoms with Gasteiger partial charge in [0.2, 0.25) is 0 Å². The van der Waals surface area contributed by atoms with Crippen LogP contribution in [0.5, 0.6) is 0 Å². The third-order valence-electron chi connectivity index (χ3n) is 8.29. The second kappa shape index (κ2) is 10.1. The summed E-state index contributed by atoms with van der Waals surface area (Å²) < 4.78 is 1.88. The van der Waals surface area contributed by atoms with Gasteiger partial charge in [-0.2, -0.15) is 0 Å². The van der Waals surface area contributed by atoms with Crippen LogP contribution in [0.25, 0.3) is 21.0 Å². The zero-order valence-electron chi connectivity index (χ0n) is 21.8. The highest BCUT2D eigenvalue weighted by Gasteiger charge is 2.29. The minimum Gasteiger partial charge on any atom is -0.333 e. The number of nitrogens with zero attached hydrogens (tertiary/aromatic N) is 4. The fourth-order valence-electron chi connectivity index (χ4n) is 6.21. The molecule has 2 aliphatic heterocycles. The lowest BCUT2D eigenvalue weighted by atomic mass is 10.0. The standard InChI is InChI=1S/C32H30N4O2S/c37-31(26-12-6-10-23-9-4-5-11-25(23)26)35-18-15-27-28(20-35)39-30-29(27)32(38)36(21-33-30)24-13-16-34(17-14-24)19-22-7-2-1-3-8-22/h1-12,21,24H,13-20H2. The van der Waals surface area contributed by atoms with Crippen LogP contribution in [0.2, 0.25) is 0 Å². The monoisotopic (exact) mass is 534 g/mol. The summed E-state index contributed by atoms with van der Waals surface area (Å²) >= 11 is 1.56. The van der Waals surface area contributed by atoms with Crippen LogP contribution < -0.4 is 5.56 Å². The molecule has 0 saturated carbocycles. The number of piperidine rings is 1. The smallest absolute Gasteiger partial charge is 0.262 e. The zero-order valence-corrected chi connectivity index (χ0v) is 22.6. The van der Waals surface area contributed by atoms with Crippen LogP contribution in [0.15, 0.2) is 83.9 Å². The van der Waals surface area contributed by atoms with E-state index in [0.717, 1.165) is 69.5 Å². The zero-order chi connectivity index (χ0) is 26.3. The molecule has 0 aliphatic carbocycles. The summed E-state index contributed by atoms with van der Waals surface area (Å²) in [6.07, 6.45) is 4.32. The molecule has 7 rings (SSSR count). The molecule has 6 nitrogen and oxygen atoms in total. The van der Waals surface area contributed by atoms with Crippen LogP contribution in [0.1, 0.15) is 45.2 Å². The van der Waals surface area contributed by atoms with E-state index in [1.165, 1.54) is 5.56 Å². The molecule has 0 radical (unpaired) electrons. The van der Waals surface area contributed by atoms with Crippen molar-refractivity contribution in [2.45, 2.75) is 38.4 Å². The van der Waals surface area contributed by atoms with E-state index in [2.05, 4.69) is 35.2 Å². The first-order chi connectivity index (χ1) is 19.2. The normalized spacial score (nSPS) is 16.6. The number of amides is 1. The quantitative estimate of drug-likeness (QED) is 0.299. The molecule has 0 N–H and O–H groups in total. The van der Waals surface area contributed by atoms with E-state index in [1.807, 2.05) is 51.9 Å². The third-order valence-corrected chi connectivity index (χ3v) is 9.42. The molecule has 0 unspecified atom stereocenters. The molecule has 1 amide bonds. The molecule has 5 aromatic rings. The Kier molecular flexibility index (Phi) is 6.25. The van der Waals surface area contributed by atoms with E-state index in [4.69, 9.17) is 4.98 Å². The number of benzene rings is 3. The van der Waals surface area contributed by atoms with Crippen molar-refractivity contribution >= 4 is 38.2 Å². The van der Waals surface area contributed by atoms with Gasteiger partial charge in [0.1, 0.15) is 4.83 Å². The second-order valence-corrected chi connectivity index (χ2v) is 11.7. The number of hydrogen-bond donors (Lipinski definition) is 0. The van der Waals surface area contributed by atoms with Crippen molar-refractivity contribution in [2.75, 3.05) is 19.6 Å². The van der Waals surface area contributed by atoms with E-state index in [1.54, 1.807) is 17.7 Å². The summed E-state index contributed by atoms with van der Waals surface area (Å²) in [4.78, 5) is 38.3. The lowest BCUT2D eigenvalue weighted by Crippen LogP contribution is -2.37. The Bertz CT molecular complexity index is 1730. The molecule has 0 atom stereocenters. The molecular formula is C32H30N4O2S. The molecular weight excluding hydrogens is 504 g/mol. The fraction of sp³-hybridized carbons (Fsp3) is 0.281. The Hall–Kier alpha value is -3.81. The third kappa shape index (κ3) is 4.45. The number of carbonyl (C=O) groups excluding carboxylic acids is 1. The first-order valence-electron chi connectivity index (χ1n) is 13.7. The van der Waals surface area contributed by atoms with Crippen LogP contribution in [0.4, 0.5) is 0 Å². The number of thiophene rings is 1. The van der Waals surface area contributed by atoms with E-state index in [-0.39, 0.29) is 17.5 Å². The Labute approximate surface area is 231 Å². The summed E-state index contributed by atoms with van der Waals surface area (Å²) in [5.41, 5.74) is 3.23. The van der Waals surface area contributed by atoms with Gasteiger partial charge in [0.15, 0.2) is 0 Å². The molecule has 0 bridgehead atoms. The first kappa shape index (κ1) is 24.2. The van der Waals surface area contributed by atoms with Crippen LogP contribution in [0, 0.1) is 0 Å². The van der Waals surface area contributed by atoms with E-state index >= 15 is 0 Å². The second-order valence-electron chi connectivity index (χ2n) is 10.6. The predicted molar refractivity (Wildman–Crippen MR) is 156 cm³/mol. The maximum atomic E-state index is 13.8. The number of fused-ring (bicyclic) bond motifs is 4. The molecule has 3 aromatic carbocycles. The molecule has 0 spiro atoms. The van der Waals surface area contributed by atoms with Crippen molar-refractivity contribution < 1.29 is 4.79 Å². The first-order valence-corrected chi connectivity index (χ1v) is 14.5. The maximum Gasteiger partial charge on any atom is 0.262 e. The van der Waals surface area contributed by atoms with Crippen LogP contribution in [0.3, 0.4) is 0 Å². The van der Waals surface area contributed by atoms with Crippen molar-refractivity contribution in [2.24, 2.45) is 0 Å². The molecule has 7 heteroatoms. The van der Waals surface area contributed by atoms with Gasteiger partial charge in [0.05, 0.1) is 18.3 Å². The number of hydrogen-bond acceptors (Lipinski definition) is 5. The molecule has 1 saturated heterocycles. The molecule has 2 aliphatic rings. The van der Waals surface area contributed by atoms with Gasteiger partial charge < -0.3 is 4.90 Å². The van der Waals surface area contributed by atoms with E-state index in [9.17, 15) is 9.59 Å². The van der Waals surface area contributed by atoms with Gasteiger partial charge in [-0.15, -0.1) is 11.3 Å². The molecule has 39 heavy (non-hydrogen) atoms. The minimum absolute atomic E-state index is 0.0440. The predicted octanol–water partition coefficient (Wildman–Crippen LogP) is 5.65. The minimum atomic E-state index is 0.0440. The molecule has 196 valence electrons. The average molecular weight is 535 g/mol. The van der Waals surface area contributed by atoms with Crippen molar-refractivity contribution in [3.8, 4) is 0 Å². The lowest BCUT2D eigenvalue weighted by molar-refractivity contribution is 0.0739. The molecule has 4 heterocycles. The Morgan fingerprint density at radius 2 is 1.69 bits per heavy atom. The largest absolute Gasteiger partial charge is 0.333 e. The van der Waals surface area contributed by atoms with Crippen molar-refractivity contribution in [3.63, 3.8) is 0 Å². The topological polar surface area (TPSA) is 58.4 Å². The van der Waals surface area contributed by atoms with Crippen LogP contribution in [-0.2, 0) is 19.5 Å². The summed E-state index contributed by atoms with van der Waals surface area (Å²) in [7, 11) is 0. The highest BCUT2D eigenvalue weighted by Crippen LogP contribution is 2.34. The highest BCUT2D eigenvalue weighted by atomic mass is 32.1. The summed E-state index contributed by atoms with van der Waals surface area (Å²) in [6.45, 7) is 4.02. The van der Waals surface area contributed by atoms with Crippen molar-refractivity contribution in [1.82, 2.24) is 19.4 Å². The lowest BCUT2D eigenvalue weighted by Gasteiger charge is -2.32. The number of carbonyl (C=O) groups is 1. The SMILES string of the molecule is O=C(c1cccc2ccccc12)N1CCc2c(sc3ncn(C4CCN(Cc5ccccc5)CC4)c(=O)c23)C1. The summed E-state index contributed by atoms with van der Waals surface area (Å²) in [5.74, 6) is 0.0440. The van der Waals surface area contributed by atoms with Gasteiger partial charge in [-0.3, -0.25) is 19.1 Å². The van der Waals surface area contributed by atoms with Gasteiger partial charge in [-0.05, 0) is 47.2 Å². The van der Waals surface area contributed by atoms with Crippen LogP contribution in [-0.4, -0.2) is 44.9 Å². The highest BCUT2D eigenvalue weighted by molar-refractivity contribution is 7.18. The van der Waals surface area contributed by atoms with E-state index in [0.29, 0.717) is 19.5 Å². The van der Waals surface area contributed by atoms with E-state index < -0.39 is 0 Å². The summed E-state index contributed by atoms with van der Waals surface area (Å²) in [6, 6.07) is 24.7. The van der Waals surface area contributed by atoms with Gasteiger partial charge in [0, 0.05) is 42.7 Å².